The lowest BCUT2D eigenvalue weighted by molar-refractivity contribution is 0.341. The van der Waals surface area contributed by atoms with E-state index in [2.05, 4.69) is 46.4 Å². The first-order chi connectivity index (χ1) is 9.54. The number of benzene rings is 1. The van der Waals surface area contributed by atoms with E-state index in [1.807, 2.05) is 31.2 Å². The Labute approximate surface area is 132 Å². The molecule has 20 heavy (non-hydrogen) atoms. The van der Waals surface area contributed by atoms with E-state index in [0.29, 0.717) is 24.2 Å². The number of aromatic nitrogens is 2. The van der Waals surface area contributed by atoms with Gasteiger partial charge in [0.2, 0.25) is 0 Å². The molecular formula is C15H18IN3O. The number of hydrogen-bond donors (Lipinski definition) is 1. The largest absolute Gasteiger partial charge is 0.493 e. The summed E-state index contributed by atoms with van der Waals surface area (Å²) >= 11 is 2.20. The van der Waals surface area contributed by atoms with E-state index in [0.717, 1.165) is 20.6 Å². The van der Waals surface area contributed by atoms with Crippen molar-refractivity contribution in [3.8, 4) is 17.1 Å². The second-order valence-electron chi connectivity index (χ2n) is 4.72. The molecule has 0 aliphatic carbocycles. The zero-order chi connectivity index (χ0) is 14.7. The lowest BCUT2D eigenvalue weighted by Gasteiger charge is -2.13. The molecule has 1 heterocycles. The van der Waals surface area contributed by atoms with Crippen molar-refractivity contribution in [2.45, 2.75) is 26.7 Å². The quantitative estimate of drug-likeness (QED) is 0.815. The standard InChI is InChI=1S/C15H18IN3O/c1-4-20-11-8-6-5-7-10(11)15-18-13(9(2)3)12(16)14(17)19-15/h5-9H,4H2,1-3H3,(H2,17,18,19). The summed E-state index contributed by atoms with van der Waals surface area (Å²) in [4.78, 5) is 9.08. The molecule has 2 N–H and O–H groups in total. The molecular weight excluding hydrogens is 365 g/mol. The molecule has 0 atom stereocenters. The molecule has 2 aromatic rings. The molecule has 0 spiro atoms. The fraction of sp³-hybridized carbons (Fsp3) is 0.333. The van der Waals surface area contributed by atoms with Crippen LogP contribution >= 0.6 is 22.6 Å². The monoisotopic (exact) mass is 383 g/mol. The number of anilines is 1. The van der Waals surface area contributed by atoms with Crippen LogP contribution in [0.3, 0.4) is 0 Å². The van der Waals surface area contributed by atoms with E-state index in [-0.39, 0.29) is 0 Å². The van der Waals surface area contributed by atoms with Crippen molar-refractivity contribution in [1.29, 1.82) is 0 Å². The maximum Gasteiger partial charge on any atom is 0.165 e. The topological polar surface area (TPSA) is 61.0 Å². The third-order valence-corrected chi connectivity index (χ3v) is 3.98. The Balaban J connectivity index is 2.59. The highest BCUT2D eigenvalue weighted by Gasteiger charge is 2.16. The van der Waals surface area contributed by atoms with Crippen LogP contribution in [-0.4, -0.2) is 16.6 Å². The first-order valence-corrected chi connectivity index (χ1v) is 7.67. The molecule has 0 saturated carbocycles. The van der Waals surface area contributed by atoms with Gasteiger partial charge < -0.3 is 10.5 Å². The van der Waals surface area contributed by atoms with Gasteiger partial charge in [-0.05, 0) is 47.6 Å². The SMILES string of the molecule is CCOc1ccccc1-c1nc(N)c(I)c(C(C)C)n1. The summed E-state index contributed by atoms with van der Waals surface area (Å²) in [7, 11) is 0. The second-order valence-corrected chi connectivity index (χ2v) is 5.79. The second kappa shape index (κ2) is 6.39. The van der Waals surface area contributed by atoms with Gasteiger partial charge in [0.05, 0.1) is 21.4 Å². The van der Waals surface area contributed by atoms with Gasteiger partial charge in [-0.2, -0.15) is 0 Å². The van der Waals surface area contributed by atoms with Crippen LogP contribution in [0.5, 0.6) is 5.75 Å². The van der Waals surface area contributed by atoms with E-state index in [4.69, 9.17) is 10.5 Å². The summed E-state index contributed by atoms with van der Waals surface area (Å²) in [5.41, 5.74) is 7.87. The predicted octanol–water partition coefficient (Wildman–Crippen LogP) is 3.85. The number of nitrogens with two attached hydrogens (primary N) is 1. The van der Waals surface area contributed by atoms with Crippen LogP contribution in [-0.2, 0) is 0 Å². The van der Waals surface area contributed by atoms with E-state index in [1.54, 1.807) is 0 Å². The fourth-order valence-electron chi connectivity index (χ4n) is 1.92. The summed E-state index contributed by atoms with van der Waals surface area (Å²) < 4.78 is 6.57. The molecule has 0 amide bonds. The molecule has 0 aliphatic heterocycles. The third-order valence-electron chi connectivity index (χ3n) is 2.88. The zero-order valence-electron chi connectivity index (χ0n) is 11.9. The highest BCUT2D eigenvalue weighted by Crippen LogP contribution is 2.31. The number of halogens is 1. The van der Waals surface area contributed by atoms with Crippen LogP contribution < -0.4 is 10.5 Å². The molecule has 0 fully saturated rings. The van der Waals surface area contributed by atoms with E-state index in [1.165, 1.54) is 0 Å². The number of ether oxygens (including phenoxy) is 1. The molecule has 0 aliphatic rings. The zero-order valence-corrected chi connectivity index (χ0v) is 14.0. The first-order valence-electron chi connectivity index (χ1n) is 6.59. The molecule has 0 bridgehead atoms. The Morgan fingerprint density at radius 3 is 2.60 bits per heavy atom. The number of para-hydroxylation sites is 1. The van der Waals surface area contributed by atoms with Crippen LogP contribution in [0.4, 0.5) is 5.82 Å². The summed E-state index contributed by atoms with van der Waals surface area (Å²) in [5, 5.41) is 0. The lowest BCUT2D eigenvalue weighted by Crippen LogP contribution is -2.07. The minimum absolute atomic E-state index is 0.296. The maximum atomic E-state index is 6.02. The molecule has 1 aromatic carbocycles. The molecule has 4 nitrogen and oxygen atoms in total. The average molecular weight is 383 g/mol. The van der Waals surface area contributed by atoms with Gasteiger partial charge >= 0.3 is 0 Å². The van der Waals surface area contributed by atoms with Crippen molar-refractivity contribution >= 4 is 28.4 Å². The van der Waals surface area contributed by atoms with Crippen molar-refractivity contribution in [3.63, 3.8) is 0 Å². The van der Waals surface area contributed by atoms with Gasteiger partial charge in [0.25, 0.3) is 0 Å². The molecule has 0 unspecified atom stereocenters. The average Bonchev–Trinajstić information content (AvgIpc) is 2.42. The number of nitrogen functional groups attached to an aromatic ring is 1. The number of hydrogen-bond acceptors (Lipinski definition) is 4. The molecule has 1 aromatic heterocycles. The Morgan fingerprint density at radius 2 is 1.95 bits per heavy atom. The maximum absolute atomic E-state index is 6.02. The van der Waals surface area contributed by atoms with E-state index >= 15 is 0 Å². The summed E-state index contributed by atoms with van der Waals surface area (Å²) in [6.45, 7) is 6.76. The van der Waals surface area contributed by atoms with Crippen LogP contribution in [0.25, 0.3) is 11.4 Å². The minimum atomic E-state index is 0.296. The Kier molecular flexibility index (Phi) is 4.80. The van der Waals surface area contributed by atoms with Gasteiger partial charge in [-0.15, -0.1) is 0 Å². The van der Waals surface area contributed by atoms with E-state index in [9.17, 15) is 0 Å². The summed E-state index contributed by atoms with van der Waals surface area (Å²) in [5.74, 6) is 2.22. The number of rotatable bonds is 4. The van der Waals surface area contributed by atoms with Crippen molar-refractivity contribution in [2.24, 2.45) is 0 Å². The van der Waals surface area contributed by atoms with Crippen LogP contribution in [0.2, 0.25) is 0 Å². The Hall–Kier alpha value is -1.37. The molecule has 106 valence electrons. The fourth-order valence-corrected chi connectivity index (χ4v) is 2.78. The van der Waals surface area contributed by atoms with Gasteiger partial charge in [0.15, 0.2) is 5.82 Å². The Morgan fingerprint density at radius 1 is 1.25 bits per heavy atom. The van der Waals surface area contributed by atoms with Crippen LogP contribution in [0.15, 0.2) is 24.3 Å². The van der Waals surface area contributed by atoms with Gasteiger partial charge in [0.1, 0.15) is 11.6 Å². The Bertz CT molecular complexity index is 614. The first kappa shape index (κ1) is 15.0. The summed E-state index contributed by atoms with van der Waals surface area (Å²) in [6, 6.07) is 7.76. The van der Waals surface area contributed by atoms with Crippen LogP contribution in [0.1, 0.15) is 32.4 Å². The van der Waals surface area contributed by atoms with Gasteiger partial charge in [-0.25, -0.2) is 9.97 Å². The highest BCUT2D eigenvalue weighted by molar-refractivity contribution is 14.1. The smallest absolute Gasteiger partial charge is 0.165 e. The van der Waals surface area contributed by atoms with Crippen molar-refractivity contribution in [2.75, 3.05) is 12.3 Å². The van der Waals surface area contributed by atoms with E-state index < -0.39 is 0 Å². The number of nitrogens with zero attached hydrogens (tertiary/aromatic N) is 2. The van der Waals surface area contributed by atoms with Gasteiger partial charge in [0, 0.05) is 0 Å². The third kappa shape index (κ3) is 3.03. The highest BCUT2D eigenvalue weighted by atomic mass is 127. The van der Waals surface area contributed by atoms with Crippen molar-refractivity contribution in [1.82, 2.24) is 9.97 Å². The van der Waals surface area contributed by atoms with Crippen molar-refractivity contribution < 1.29 is 4.74 Å². The van der Waals surface area contributed by atoms with Gasteiger partial charge in [-0.1, -0.05) is 26.0 Å². The summed E-state index contributed by atoms with van der Waals surface area (Å²) in [6.07, 6.45) is 0. The predicted molar refractivity (Wildman–Crippen MR) is 89.9 cm³/mol. The van der Waals surface area contributed by atoms with Crippen molar-refractivity contribution in [3.05, 3.63) is 33.5 Å². The molecule has 0 saturated heterocycles. The normalized spacial score (nSPS) is 10.8. The van der Waals surface area contributed by atoms with Crippen LogP contribution in [0, 0.1) is 3.57 Å². The molecule has 2 rings (SSSR count). The minimum Gasteiger partial charge on any atom is -0.493 e. The lowest BCUT2D eigenvalue weighted by atomic mass is 10.1. The molecule has 5 heteroatoms. The van der Waals surface area contributed by atoms with Gasteiger partial charge in [-0.3, -0.25) is 0 Å². The molecule has 0 radical (unpaired) electrons.